The summed E-state index contributed by atoms with van der Waals surface area (Å²) in [7, 11) is 1.36. The second-order valence-corrected chi connectivity index (χ2v) is 8.09. The average Bonchev–Trinajstić information content (AvgIpc) is 3.14. The fourth-order valence-corrected chi connectivity index (χ4v) is 4.54. The normalized spacial score (nSPS) is 16.8. The Labute approximate surface area is 192 Å². The van der Waals surface area contributed by atoms with Crippen LogP contribution in [0, 0.1) is 0 Å². The predicted octanol–water partition coefficient (Wildman–Crippen LogP) is 5.01. The van der Waals surface area contributed by atoms with Crippen LogP contribution >= 0.6 is 0 Å². The first kappa shape index (κ1) is 20.8. The first-order valence-electron chi connectivity index (χ1n) is 10.8. The van der Waals surface area contributed by atoms with Gasteiger partial charge in [0.15, 0.2) is 5.78 Å². The molecule has 164 valence electrons. The van der Waals surface area contributed by atoms with Crippen LogP contribution in [0.25, 0.3) is 5.70 Å². The molecule has 3 aromatic rings. The fourth-order valence-electron chi connectivity index (χ4n) is 4.54. The number of ether oxygens (including phenoxy) is 2. The molecular formula is C28H23NO4. The van der Waals surface area contributed by atoms with Crippen LogP contribution in [0.2, 0.25) is 0 Å². The summed E-state index contributed by atoms with van der Waals surface area (Å²) in [6.45, 7) is 2.30. The van der Waals surface area contributed by atoms with Gasteiger partial charge in [0, 0.05) is 28.3 Å². The summed E-state index contributed by atoms with van der Waals surface area (Å²) >= 11 is 0. The van der Waals surface area contributed by atoms with Crippen molar-refractivity contribution in [1.29, 1.82) is 0 Å². The largest absolute Gasteiger partial charge is 0.489 e. The van der Waals surface area contributed by atoms with Gasteiger partial charge in [-0.1, -0.05) is 66.7 Å². The molecule has 0 fully saturated rings. The van der Waals surface area contributed by atoms with E-state index in [9.17, 15) is 9.59 Å². The molecule has 0 aromatic heterocycles. The van der Waals surface area contributed by atoms with E-state index >= 15 is 0 Å². The molecule has 5 rings (SSSR count). The fraction of sp³-hybridized carbons (Fsp3) is 0.143. The highest BCUT2D eigenvalue weighted by Crippen LogP contribution is 2.46. The standard InChI is InChI=1S/C28H23NO4/c1-17-23(28(31)32-2)24(25-26(29-17)21-10-6-7-11-22(21)27(25)30)19-12-14-20(15-13-19)33-16-18-8-4-3-5-9-18/h3-15,24,29H,16H2,1-2H3/t24-/m0/s1. The Bertz CT molecular complexity index is 1300. The molecule has 33 heavy (non-hydrogen) atoms. The number of carbonyl (C=O) groups is 2. The number of Topliss-reactive ketones (excluding diaryl/α,β-unsaturated/α-hetero) is 1. The van der Waals surface area contributed by atoms with Gasteiger partial charge in [-0.15, -0.1) is 0 Å². The van der Waals surface area contributed by atoms with E-state index in [1.807, 2.05) is 85.8 Å². The van der Waals surface area contributed by atoms with Gasteiger partial charge in [-0.2, -0.15) is 0 Å². The van der Waals surface area contributed by atoms with Gasteiger partial charge in [0.25, 0.3) is 0 Å². The Kier molecular flexibility index (Phi) is 5.31. The van der Waals surface area contributed by atoms with Crippen LogP contribution in [0.15, 0.2) is 95.7 Å². The van der Waals surface area contributed by atoms with E-state index in [0.717, 1.165) is 22.4 Å². The predicted molar refractivity (Wildman–Crippen MR) is 126 cm³/mol. The maximum atomic E-state index is 13.4. The van der Waals surface area contributed by atoms with E-state index in [-0.39, 0.29) is 5.78 Å². The van der Waals surface area contributed by atoms with E-state index in [4.69, 9.17) is 9.47 Å². The Morgan fingerprint density at radius 3 is 2.27 bits per heavy atom. The molecule has 0 saturated heterocycles. The molecule has 0 saturated carbocycles. The number of hydrogen-bond acceptors (Lipinski definition) is 5. The lowest BCUT2D eigenvalue weighted by atomic mass is 9.80. The van der Waals surface area contributed by atoms with Crippen molar-refractivity contribution in [2.24, 2.45) is 0 Å². The summed E-state index contributed by atoms with van der Waals surface area (Å²) in [5.74, 6) is -0.343. The van der Waals surface area contributed by atoms with Gasteiger partial charge in [0.2, 0.25) is 0 Å². The van der Waals surface area contributed by atoms with Gasteiger partial charge in [0.1, 0.15) is 12.4 Å². The van der Waals surface area contributed by atoms with Crippen LogP contribution < -0.4 is 10.1 Å². The summed E-state index contributed by atoms with van der Waals surface area (Å²) < 4.78 is 11.0. The van der Waals surface area contributed by atoms with Crippen molar-refractivity contribution in [1.82, 2.24) is 5.32 Å². The van der Waals surface area contributed by atoms with Gasteiger partial charge in [-0.25, -0.2) is 4.79 Å². The van der Waals surface area contributed by atoms with Crippen LogP contribution in [0.1, 0.15) is 39.9 Å². The number of esters is 1. The van der Waals surface area contributed by atoms with Crippen LogP contribution in [-0.2, 0) is 16.1 Å². The molecule has 3 aromatic carbocycles. The molecule has 0 spiro atoms. The monoisotopic (exact) mass is 437 g/mol. The molecule has 1 aliphatic heterocycles. The van der Waals surface area contributed by atoms with E-state index in [2.05, 4.69) is 5.32 Å². The van der Waals surface area contributed by atoms with Crippen molar-refractivity contribution in [3.8, 4) is 5.75 Å². The van der Waals surface area contributed by atoms with Crippen molar-refractivity contribution in [2.45, 2.75) is 19.4 Å². The Hall–Kier alpha value is -4.12. The molecule has 1 heterocycles. The number of dihydropyridines is 1. The third kappa shape index (κ3) is 3.61. The molecule has 0 radical (unpaired) electrons. The third-order valence-electron chi connectivity index (χ3n) is 6.12. The third-order valence-corrected chi connectivity index (χ3v) is 6.12. The maximum Gasteiger partial charge on any atom is 0.336 e. The first-order valence-corrected chi connectivity index (χ1v) is 10.8. The zero-order valence-corrected chi connectivity index (χ0v) is 18.4. The number of allylic oxidation sites excluding steroid dienone is 2. The lowest BCUT2D eigenvalue weighted by Gasteiger charge is -2.29. The van der Waals surface area contributed by atoms with Crippen LogP contribution in [0.5, 0.6) is 5.75 Å². The number of benzene rings is 3. The van der Waals surface area contributed by atoms with Gasteiger partial charge >= 0.3 is 5.97 Å². The molecule has 0 bridgehead atoms. The van der Waals surface area contributed by atoms with E-state index in [0.29, 0.717) is 34.8 Å². The molecule has 0 unspecified atom stereocenters. The topological polar surface area (TPSA) is 64.6 Å². The van der Waals surface area contributed by atoms with Gasteiger partial charge in [-0.05, 0) is 30.2 Å². The highest BCUT2D eigenvalue weighted by Gasteiger charge is 2.42. The lowest BCUT2D eigenvalue weighted by Crippen LogP contribution is -2.29. The number of methoxy groups -OCH3 is 1. The van der Waals surface area contributed by atoms with Gasteiger partial charge < -0.3 is 14.8 Å². The Morgan fingerprint density at radius 1 is 0.909 bits per heavy atom. The number of fused-ring (bicyclic) bond motifs is 2. The molecule has 1 atom stereocenters. The highest BCUT2D eigenvalue weighted by molar-refractivity contribution is 6.23. The van der Waals surface area contributed by atoms with Gasteiger partial charge in [0.05, 0.1) is 18.4 Å². The number of carbonyl (C=O) groups excluding carboxylic acids is 2. The first-order chi connectivity index (χ1) is 16.1. The highest BCUT2D eigenvalue weighted by atomic mass is 16.5. The van der Waals surface area contributed by atoms with Crippen molar-refractivity contribution in [3.63, 3.8) is 0 Å². The van der Waals surface area contributed by atoms with E-state index < -0.39 is 11.9 Å². The summed E-state index contributed by atoms with van der Waals surface area (Å²) in [4.78, 5) is 26.2. The van der Waals surface area contributed by atoms with Crippen molar-refractivity contribution in [2.75, 3.05) is 7.11 Å². The van der Waals surface area contributed by atoms with Crippen molar-refractivity contribution in [3.05, 3.63) is 118 Å². The minimum atomic E-state index is -0.531. The summed E-state index contributed by atoms with van der Waals surface area (Å²) in [6.07, 6.45) is 0. The lowest BCUT2D eigenvalue weighted by molar-refractivity contribution is -0.136. The summed E-state index contributed by atoms with van der Waals surface area (Å²) in [5.41, 5.74) is 5.85. The smallest absolute Gasteiger partial charge is 0.336 e. The van der Waals surface area contributed by atoms with Crippen LogP contribution in [0.3, 0.4) is 0 Å². The van der Waals surface area contributed by atoms with E-state index in [1.54, 1.807) is 0 Å². The quantitative estimate of drug-likeness (QED) is 0.569. The maximum absolute atomic E-state index is 13.4. The number of rotatable bonds is 5. The summed E-state index contributed by atoms with van der Waals surface area (Å²) in [6, 6.07) is 25.0. The molecule has 1 aliphatic carbocycles. The SMILES string of the molecule is COC(=O)C1=C(C)NC2=C(C(=O)c3ccccc32)[C@H]1c1ccc(OCc2ccccc2)cc1. The molecule has 5 heteroatoms. The zero-order chi connectivity index (χ0) is 22.9. The van der Waals surface area contributed by atoms with Crippen LogP contribution in [0.4, 0.5) is 0 Å². The zero-order valence-electron chi connectivity index (χ0n) is 18.4. The number of hydrogen-bond donors (Lipinski definition) is 1. The van der Waals surface area contributed by atoms with Crippen molar-refractivity contribution >= 4 is 17.4 Å². The minimum Gasteiger partial charge on any atom is -0.489 e. The average molecular weight is 437 g/mol. The second-order valence-electron chi connectivity index (χ2n) is 8.09. The number of ketones is 1. The Balaban J connectivity index is 1.51. The molecule has 1 N–H and O–H groups in total. The number of nitrogens with one attached hydrogen (secondary N) is 1. The van der Waals surface area contributed by atoms with Crippen LogP contribution in [-0.4, -0.2) is 18.9 Å². The minimum absolute atomic E-state index is 0.0728. The van der Waals surface area contributed by atoms with Crippen molar-refractivity contribution < 1.29 is 19.1 Å². The van der Waals surface area contributed by atoms with Gasteiger partial charge in [-0.3, -0.25) is 4.79 Å². The second kappa shape index (κ2) is 8.43. The molecule has 2 aliphatic rings. The Morgan fingerprint density at radius 2 is 1.58 bits per heavy atom. The molecule has 0 amide bonds. The summed E-state index contributed by atoms with van der Waals surface area (Å²) in [5, 5.41) is 3.29. The molecular weight excluding hydrogens is 414 g/mol. The molecule has 5 nitrogen and oxygen atoms in total. The van der Waals surface area contributed by atoms with E-state index in [1.165, 1.54) is 7.11 Å².